The van der Waals surface area contributed by atoms with Crippen LogP contribution in [0.25, 0.3) is 5.69 Å². The fraction of sp³-hybridized carbons (Fsp3) is 0.450. The number of ether oxygens (including phenoxy) is 1. The number of hydrogen-bond donors (Lipinski definition) is 2. The maximum absolute atomic E-state index is 12.6. The number of aromatic nitrogens is 2. The molecule has 0 spiro atoms. The molecule has 0 atom stereocenters. The maximum Gasteiger partial charge on any atom is 0.407 e. The number of fused-ring (bicyclic) bond motifs is 1. The van der Waals surface area contributed by atoms with E-state index in [1.54, 1.807) is 20.8 Å². The Labute approximate surface area is 159 Å². The number of hydrogen-bond acceptors (Lipinski definition) is 4. The number of nitrogens with zero attached hydrogens (tertiary/aromatic N) is 2. The highest BCUT2D eigenvalue weighted by Gasteiger charge is 2.26. The Morgan fingerprint density at radius 2 is 1.81 bits per heavy atom. The highest BCUT2D eigenvalue weighted by Crippen LogP contribution is 2.27. The summed E-state index contributed by atoms with van der Waals surface area (Å²) in [6.07, 6.45) is 2.32. The lowest BCUT2D eigenvalue weighted by molar-refractivity contribution is 0.0526. The van der Waals surface area contributed by atoms with Crippen molar-refractivity contribution < 1.29 is 14.3 Å². The summed E-state index contributed by atoms with van der Waals surface area (Å²) < 4.78 is 7.04. The number of carbonyl (C=O) groups is 2. The van der Waals surface area contributed by atoms with Gasteiger partial charge in [0, 0.05) is 24.3 Å². The van der Waals surface area contributed by atoms with E-state index in [4.69, 9.17) is 4.74 Å². The minimum absolute atomic E-state index is 0.214. The summed E-state index contributed by atoms with van der Waals surface area (Å²) in [7, 11) is 0. The van der Waals surface area contributed by atoms with Gasteiger partial charge in [-0.3, -0.25) is 4.79 Å². The second kappa shape index (κ2) is 7.82. The second-order valence-corrected chi connectivity index (χ2v) is 7.56. The molecular weight excluding hydrogens is 344 g/mol. The number of nitrogens with one attached hydrogen (secondary N) is 2. The minimum Gasteiger partial charge on any atom is -0.444 e. The van der Waals surface area contributed by atoms with E-state index in [1.807, 2.05) is 35.0 Å². The molecule has 1 aromatic carbocycles. The summed E-state index contributed by atoms with van der Waals surface area (Å²) in [6.45, 7) is 6.02. The van der Waals surface area contributed by atoms with Gasteiger partial charge in [-0.1, -0.05) is 18.2 Å². The Hall–Kier alpha value is -2.83. The van der Waals surface area contributed by atoms with Crippen LogP contribution in [0, 0.1) is 0 Å². The van der Waals surface area contributed by atoms with Gasteiger partial charge >= 0.3 is 6.09 Å². The van der Waals surface area contributed by atoms with Crippen molar-refractivity contribution in [2.75, 3.05) is 13.1 Å². The number of alkyl carbamates (subject to hydrolysis) is 1. The molecule has 1 heterocycles. The SMILES string of the molecule is CC(C)(C)OC(=O)NCCNC(=O)c1nn(-c2ccccc2)c2c1CCC2. The zero-order chi connectivity index (χ0) is 19.4. The van der Waals surface area contributed by atoms with Crippen LogP contribution in [0.15, 0.2) is 30.3 Å². The van der Waals surface area contributed by atoms with Crippen molar-refractivity contribution in [2.45, 2.75) is 45.6 Å². The summed E-state index contributed by atoms with van der Waals surface area (Å²) in [6, 6.07) is 9.84. The third-order valence-electron chi connectivity index (χ3n) is 4.22. The molecule has 0 fully saturated rings. The molecular formula is C20H26N4O3. The van der Waals surface area contributed by atoms with Crippen molar-refractivity contribution in [2.24, 2.45) is 0 Å². The standard InChI is InChI=1S/C20H26N4O3/c1-20(2,3)27-19(26)22-13-12-21-18(25)17-15-10-7-11-16(15)24(23-17)14-8-5-4-6-9-14/h4-6,8-9H,7,10-13H2,1-3H3,(H,21,25)(H,22,26). The molecule has 0 unspecified atom stereocenters. The molecule has 2 amide bonds. The molecule has 1 aliphatic rings. The summed E-state index contributed by atoms with van der Waals surface area (Å²) in [4.78, 5) is 24.2. The van der Waals surface area contributed by atoms with Gasteiger partial charge < -0.3 is 15.4 Å². The first-order chi connectivity index (χ1) is 12.8. The molecule has 1 aromatic heterocycles. The van der Waals surface area contributed by atoms with Crippen LogP contribution in [0.1, 0.15) is 48.9 Å². The van der Waals surface area contributed by atoms with Gasteiger partial charge in [0.2, 0.25) is 0 Å². The first kappa shape index (κ1) is 18.9. The number of rotatable bonds is 5. The Morgan fingerprint density at radius 3 is 2.52 bits per heavy atom. The van der Waals surface area contributed by atoms with Crippen molar-refractivity contribution in [1.82, 2.24) is 20.4 Å². The normalized spacial score (nSPS) is 13.1. The quantitative estimate of drug-likeness (QED) is 0.793. The molecule has 7 nitrogen and oxygen atoms in total. The van der Waals surface area contributed by atoms with E-state index in [2.05, 4.69) is 15.7 Å². The molecule has 3 rings (SSSR count). The lowest BCUT2D eigenvalue weighted by atomic mass is 10.2. The van der Waals surface area contributed by atoms with Crippen LogP contribution < -0.4 is 10.6 Å². The van der Waals surface area contributed by atoms with Crippen molar-refractivity contribution in [1.29, 1.82) is 0 Å². The predicted molar refractivity (Wildman–Crippen MR) is 102 cm³/mol. The Bertz CT molecular complexity index is 822. The van der Waals surface area contributed by atoms with Crippen LogP contribution in [0.3, 0.4) is 0 Å². The summed E-state index contributed by atoms with van der Waals surface area (Å²) in [5.74, 6) is -0.214. The Kier molecular flexibility index (Phi) is 5.48. The average Bonchev–Trinajstić information content (AvgIpc) is 3.20. The molecule has 2 aromatic rings. The molecule has 2 N–H and O–H groups in total. The molecule has 144 valence electrons. The summed E-state index contributed by atoms with van der Waals surface area (Å²) in [5.41, 5.74) is 3.03. The van der Waals surface area contributed by atoms with Crippen molar-refractivity contribution in [3.05, 3.63) is 47.3 Å². The van der Waals surface area contributed by atoms with Crippen LogP contribution in [0.2, 0.25) is 0 Å². The van der Waals surface area contributed by atoms with Crippen molar-refractivity contribution in [3.63, 3.8) is 0 Å². The van der Waals surface area contributed by atoms with Crippen LogP contribution in [0.4, 0.5) is 4.79 Å². The summed E-state index contributed by atoms with van der Waals surface area (Å²) >= 11 is 0. The van der Waals surface area contributed by atoms with Crippen LogP contribution in [-0.4, -0.2) is 40.5 Å². The molecule has 0 saturated carbocycles. The van der Waals surface area contributed by atoms with Gasteiger partial charge in [0.05, 0.1) is 5.69 Å². The van der Waals surface area contributed by atoms with Crippen molar-refractivity contribution >= 4 is 12.0 Å². The molecule has 0 radical (unpaired) electrons. The molecule has 27 heavy (non-hydrogen) atoms. The molecule has 7 heteroatoms. The topological polar surface area (TPSA) is 85.2 Å². The number of benzene rings is 1. The van der Waals surface area contributed by atoms with Gasteiger partial charge in [0.15, 0.2) is 5.69 Å². The fourth-order valence-corrected chi connectivity index (χ4v) is 3.14. The van der Waals surface area contributed by atoms with E-state index >= 15 is 0 Å². The molecule has 1 aliphatic carbocycles. The Morgan fingerprint density at radius 1 is 1.11 bits per heavy atom. The first-order valence-corrected chi connectivity index (χ1v) is 9.26. The number of carbonyl (C=O) groups excluding carboxylic acids is 2. The zero-order valence-electron chi connectivity index (χ0n) is 16.0. The van der Waals surface area contributed by atoms with Gasteiger partial charge in [-0.25, -0.2) is 9.48 Å². The molecule has 0 aliphatic heterocycles. The average molecular weight is 370 g/mol. The monoisotopic (exact) mass is 370 g/mol. The van der Waals surface area contributed by atoms with Gasteiger partial charge in [0.25, 0.3) is 5.91 Å². The zero-order valence-corrected chi connectivity index (χ0v) is 16.0. The minimum atomic E-state index is -0.543. The number of para-hydroxylation sites is 1. The second-order valence-electron chi connectivity index (χ2n) is 7.56. The lowest BCUT2D eigenvalue weighted by Gasteiger charge is -2.19. The largest absolute Gasteiger partial charge is 0.444 e. The maximum atomic E-state index is 12.6. The van der Waals surface area contributed by atoms with E-state index in [0.717, 1.165) is 36.2 Å². The highest BCUT2D eigenvalue weighted by molar-refractivity contribution is 5.94. The molecule has 0 saturated heterocycles. The first-order valence-electron chi connectivity index (χ1n) is 9.26. The van der Waals surface area contributed by atoms with Gasteiger partial charge in [-0.05, 0) is 52.2 Å². The van der Waals surface area contributed by atoms with Crippen LogP contribution in [0.5, 0.6) is 0 Å². The van der Waals surface area contributed by atoms with Crippen LogP contribution >= 0.6 is 0 Å². The van der Waals surface area contributed by atoms with E-state index in [-0.39, 0.29) is 5.91 Å². The fourth-order valence-electron chi connectivity index (χ4n) is 3.14. The van der Waals surface area contributed by atoms with E-state index < -0.39 is 11.7 Å². The van der Waals surface area contributed by atoms with E-state index in [1.165, 1.54) is 0 Å². The van der Waals surface area contributed by atoms with E-state index in [0.29, 0.717) is 18.8 Å². The highest BCUT2D eigenvalue weighted by atomic mass is 16.6. The van der Waals surface area contributed by atoms with Gasteiger partial charge in [-0.15, -0.1) is 0 Å². The van der Waals surface area contributed by atoms with Crippen LogP contribution in [-0.2, 0) is 17.6 Å². The third kappa shape index (κ3) is 4.67. The lowest BCUT2D eigenvalue weighted by Crippen LogP contribution is -2.38. The smallest absolute Gasteiger partial charge is 0.407 e. The van der Waals surface area contributed by atoms with Crippen molar-refractivity contribution in [3.8, 4) is 5.69 Å². The third-order valence-corrected chi connectivity index (χ3v) is 4.22. The number of amides is 2. The molecule has 0 bridgehead atoms. The predicted octanol–water partition coefficient (Wildman–Crippen LogP) is 2.62. The van der Waals surface area contributed by atoms with Gasteiger partial charge in [-0.2, -0.15) is 5.10 Å². The van der Waals surface area contributed by atoms with Gasteiger partial charge in [0.1, 0.15) is 5.60 Å². The summed E-state index contributed by atoms with van der Waals surface area (Å²) in [5, 5.41) is 10.0. The van der Waals surface area contributed by atoms with E-state index in [9.17, 15) is 9.59 Å². The Balaban J connectivity index is 1.60.